The van der Waals surface area contributed by atoms with Crippen molar-refractivity contribution >= 4 is 59.2 Å². The number of anilines is 2. The van der Waals surface area contributed by atoms with E-state index in [1.807, 2.05) is 6.08 Å². The molecule has 2 saturated heterocycles. The fourth-order valence-corrected chi connectivity index (χ4v) is 8.40. The highest BCUT2D eigenvalue weighted by molar-refractivity contribution is 6.58. The molecule has 2 heterocycles. The Morgan fingerprint density at radius 1 is 0.913 bits per heavy atom. The van der Waals surface area contributed by atoms with Crippen molar-refractivity contribution in [3.8, 4) is 5.75 Å². The van der Waals surface area contributed by atoms with E-state index in [0.29, 0.717) is 16.7 Å². The number of fused-ring (bicyclic) bond motifs is 4. The quantitative estimate of drug-likeness (QED) is 0.225. The third kappa shape index (κ3) is 4.15. The first kappa shape index (κ1) is 30.3. The average molecular weight is 643 g/mol. The number of hydrogen-bond donors (Lipinski definition) is 3. The normalized spacial score (nSPS) is 28.7. The number of aromatic hydroxyl groups is 1. The lowest BCUT2D eigenvalue weighted by molar-refractivity contribution is -0.131. The summed E-state index contributed by atoms with van der Waals surface area (Å²) >= 11 is 6.05. The minimum absolute atomic E-state index is 0.0329. The maximum Gasteiger partial charge on any atom is 0.488 e. The number of imide groups is 2. The summed E-state index contributed by atoms with van der Waals surface area (Å²) in [5.74, 6) is -6.70. The minimum Gasteiger partial charge on any atom is -0.507 e. The number of nitrogens with zero attached hydrogens (tertiary/aromatic N) is 2. The Balaban J connectivity index is 1.37. The summed E-state index contributed by atoms with van der Waals surface area (Å²) in [4.78, 5) is 58.8. The number of carbonyl (C=O) groups excluding carboxylic acids is 4. The summed E-state index contributed by atoms with van der Waals surface area (Å²) in [6.45, 7) is 3.42. The molecule has 4 aliphatic rings. The van der Waals surface area contributed by atoms with Crippen molar-refractivity contribution in [3.05, 3.63) is 94.3 Å². The Bertz CT molecular complexity index is 1900. The van der Waals surface area contributed by atoms with Gasteiger partial charge in [0.15, 0.2) is 0 Å². The van der Waals surface area contributed by atoms with Gasteiger partial charge in [-0.2, -0.15) is 0 Å². The summed E-state index contributed by atoms with van der Waals surface area (Å²) in [5.41, 5.74) is 0.738. The molecule has 234 valence electrons. The predicted octanol–water partition coefficient (Wildman–Crippen LogP) is 3.61. The molecule has 6 atom stereocenters. The maximum atomic E-state index is 14.5. The van der Waals surface area contributed by atoms with Gasteiger partial charge in [0.05, 0.1) is 39.6 Å². The van der Waals surface area contributed by atoms with Crippen LogP contribution in [0.25, 0.3) is 0 Å². The summed E-state index contributed by atoms with van der Waals surface area (Å²) in [6.07, 6.45) is 2.16. The van der Waals surface area contributed by atoms with Crippen molar-refractivity contribution in [2.24, 2.45) is 29.1 Å². The molecule has 12 heteroatoms. The topological polar surface area (TPSA) is 135 Å². The summed E-state index contributed by atoms with van der Waals surface area (Å²) in [7, 11) is -1.80. The molecule has 1 saturated carbocycles. The lowest BCUT2D eigenvalue weighted by Crippen LogP contribution is -2.49. The van der Waals surface area contributed by atoms with Crippen LogP contribution in [0.15, 0.2) is 72.3 Å². The Labute approximate surface area is 269 Å². The van der Waals surface area contributed by atoms with Crippen LogP contribution in [0.1, 0.15) is 36.8 Å². The van der Waals surface area contributed by atoms with Gasteiger partial charge in [-0.3, -0.25) is 24.1 Å². The maximum absolute atomic E-state index is 14.5. The van der Waals surface area contributed by atoms with E-state index in [1.54, 1.807) is 38.1 Å². The number of hydrogen-bond acceptors (Lipinski definition) is 7. The fourth-order valence-electron chi connectivity index (χ4n) is 8.22. The van der Waals surface area contributed by atoms with Gasteiger partial charge in [0.2, 0.25) is 23.6 Å². The van der Waals surface area contributed by atoms with Crippen LogP contribution < -0.4 is 15.3 Å². The van der Waals surface area contributed by atoms with Crippen molar-refractivity contribution in [2.45, 2.75) is 32.6 Å². The van der Waals surface area contributed by atoms with Crippen molar-refractivity contribution in [1.82, 2.24) is 0 Å². The number of phenols is 1. The van der Waals surface area contributed by atoms with E-state index in [4.69, 9.17) is 11.6 Å². The van der Waals surface area contributed by atoms with Crippen LogP contribution in [0.5, 0.6) is 5.75 Å². The van der Waals surface area contributed by atoms with Crippen LogP contribution in [0.2, 0.25) is 5.02 Å². The molecule has 7 rings (SSSR count). The largest absolute Gasteiger partial charge is 0.507 e. The Kier molecular flexibility index (Phi) is 7.00. The summed E-state index contributed by atoms with van der Waals surface area (Å²) < 4.78 is 14.1. The molecule has 0 radical (unpaired) electrons. The van der Waals surface area contributed by atoms with Crippen molar-refractivity contribution in [3.63, 3.8) is 0 Å². The Morgan fingerprint density at radius 2 is 1.63 bits per heavy atom. The third-order valence-corrected chi connectivity index (χ3v) is 10.7. The van der Waals surface area contributed by atoms with E-state index < -0.39 is 71.6 Å². The average Bonchev–Trinajstić information content (AvgIpc) is 3.40. The van der Waals surface area contributed by atoms with E-state index in [0.717, 1.165) is 15.9 Å². The number of amides is 4. The zero-order valence-electron chi connectivity index (χ0n) is 24.9. The van der Waals surface area contributed by atoms with E-state index in [-0.39, 0.29) is 40.5 Å². The highest BCUT2D eigenvalue weighted by Crippen LogP contribution is 2.64. The highest BCUT2D eigenvalue weighted by atomic mass is 35.5. The molecule has 0 bridgehead atoms. The molecule has 3 fully saturated rings. The molecule has 6 unspecified atom stereocenters. The first-order valence-corrected chi connectivity index (χ1v) is 15.4. The molecule has 4 amide bonds. The molecule has 0 spiro atoms. The van der Waals surface area contributed by atoms with Crippen LogP contribution in [0.4, 0.5) is 15.8 Å². The lowest BCUT2D eigenvalue weighted by Gasteiger charge is -2.49. The van der Waals surface area contributed by atoms with Gasteiger partial charge in [-0.15, -0.1) is 0 Å². The smallest absolute Gasteiger partial charge is 0.488 e. The summed E-state index contributed by atoms with van der Waals surface area (Å²) in [6, 6.07) is 14.7. The predicted molar refractivity (Wildman–Crippen MR) is 168 cm³/mol. The van der Waals surface area contributed by atoms with Gasteiger partial charge >= 0.3 is 7.12 Å². The number of carbonyl (C=O) groups is 4. The van der Waals surface area contributed by atoms with E-state index in [1.165, 1.54) is 30.3 Å². The van der Waals surface area contributed by atoms with Gasteiger partial charge in [0, 0.05) is 11.5 Å². The highest BCUT2D eigenvalue weighted by Gasteiger charge is 2.68. The number of para-hydroxylation sites is 1. The third-order valence-electron chi connectivity index (χ3n) is 10.4. The monoisotopic (exact) mass is 642 g/mol. The number of rotatable bonds is 4. The number of halogens is 2. The first-order valence-electron chi connectivity index (χ1n) is 15.0. The molecule has 3 aromatic carbocycles. The van der Waals surface area contributed by atoms with Crippen LogP contribution >= 0.6 is 11.6 Å². The molecule has 3 N–H and O–H groups in total. The molecular formula is C34H29BClFN2O7. The second-order valence-electron chi connectivity index (χ2n) is 12.8. The standard InChI is InChI=1S/C34H29BClFN2O7/c1-16-5-3-8-22(29(16)40)28-20-10-11-21-27(32(43)38(30(21)41)18-7-4-6-17(13-18)35(45)46)23(20)15-24-31(42)39(33(44)34(24,28)2)19-9-12-26(37)25(36)14-19/h3-10,12-14,21,23-24,27-28,40,45-46H,11,15H2,1-2H3. The Morgan fingerprint density at radius 3 is 2.35 bits per heavy atom. The fraction of sp³-hybridized carbons (Fsp3) is 0.294. The van der Waals surface area contributed by atoms with Crippen LogP contribution in [-0.4, -0.2) is 45.9 Å². The molecule has 9 nitrogen and oxygen atoms in total. The van der Waals surface area contributed by atoms with Gasteiger partial charge in [0.25, 0.3) is 0 Å². The number of aryl methyl sites for hydroxylation is 1. The van der Waals surface area contributed by atoms with Crippen molar-refractivity contribution < 1.29 is 38.7 Å². The van der Waals surface area contributed by atoms with Gasteiger partial charge in [-0.1, -0.05) is 53.6 Å². The number of phenolic OH excluding ortho intramolecular Hbond substituents is 1. The molecule has 0 aromatic heterocycles. The molecule has 46 heavy (non-hydrogen) atoms. The molecular weight excluding hydrogens is 614 g/mol. The lowest BCUT2D eigenvalue weighted by atomic mass is 9.51. The zero-order chi connectivity index (χ0) is 32.8. The number of benzene rings is 3. The van der Waals surface area contributed by atoms with Crippen LogP contribution in [0.3, 0.4) is 0 Å². The molecule has 2 aliphatic carbocycles. The number of allylic oxidation sites excluding steroid dienone is 2. The van der Waals surface area contributed by atoms with Gasteiger partial charge < -0.3 is 15.2 Å². The van der Waals surface area contributed by atoms with Gasteiger partial charge in [-0.25, -0.2) is 9.29 Å². The molecule has 3 aromatic rings. The van der Waals surface area contributed by atoms with Gasteiger partial charge in [-0.05, 0) is 74.0 Å². The molecule has 2 aliphatic heterocycles. The second kappa shape index (κ2) is 10.6. The SMILES string of the molecule is Cc1cccc(C2C3=CCC4C(=O)N(c5cccc(B(O)O)c5)C(=O)C4C3CC3C(=O)N(c4ccc(F)c(Cl)c4)C(=O)C32C)c1O. The van der Waals surface area contributed by atoms with Crippen LogP contribution in [0, 0.1) is 41.8 Å². The first-order chi connectivity index (χ1) is 21.9. The van der Waals surface area contributed by atoms with Crippen LogP contribution in [-0.2, 0) is 19.2 Å². The van der Waals surface area contributed by atoms with Crippen molar-refractivity contribution in [1.29, 1.82) is 0 Å². The summed E-state index contributed by atoms with van der Waals surface area (Å²) in [5, 5.41) is 30.5. The Hall–Kier alpha value is -4.32. The van der Waals surface area contributed by atoms with E-state index in [9.17, 15) is 38.7 Å². The van der Waals surface area contributed by atoms with E-state index in [2.05, 4.69) is 0 Å². The van der Waals surface area contributed by atoms with Gasteiger partial charge in [0.1, 0.15) is 11.6 Å². The van der Waals surface area contributed by atoms with E-state index >= 15 is 0 Å². The second-order valence-corrected chi connectivity index (χ2v) is 13.2. The van der Waals surface area contributed by atoms with Crippen molar-refractivity contribution in [2.75, 3.05) is 9.80 Å². The minimum atomic E-state index is -1.80. The zero-order valence-corrected chi connectivity index (χ0v) is 25.6.